The minimum Gasteiger partial charge on any atom is -0.310 e. The van der Waals surface area contributed by atoms with Gasteiger partial charge in [-0.1, -0.05) is 12.8 Å². The molecule has 0 aromatic carbocycles. The molecule has 2 nitrogen and oxygen atoms in total. The lowest BCUT2D eigenvalue weighted by Gasteiger charge is -2.33. The van der Waals surface area contributed by atoms with Crippen LogP contribution in [0.4, 0.5) is 13.2 Å². The lowest BCUT2D eigenvalue weighted by molar-refractivity contribution is -0.147. The molecule has 0 radical (unpaired) electrons. The van der Waals surface area contributed by atoms with Gasteiger partial charge in [-0.3, -0.25) is 4.90 Å². The van der Waals surface area contributed by atoms with E-state index < -0.39 is 12.7 Å². The number of nitrogens with one attached hydrogen (secondary N) is 1. The zero-order valence-electron chi connectivity index (χ0n) is 9.45. The molecule has 2 fully saturated rings. The molecular formula is C11H19F3N2. The normalized spacial score (nSPS) is 27.2. The van der Waals surface area contributed by atoms with Crippen molar-refractivity contribution < 1.29 is 13.2 Å². The van der Waals surface area contributed by atoms with Gasteiger partial charge in [0.1, 0.15) is 0 Å². The maximum atomic E-state index is 12.4. The Balaban J connectivity index is 1.98. The first-order chi connectivity index (χ1) is 7.49. The Kier molecular flexibility index (Phi) is 3.45. The van der Waals surface area contributed by atoms with Crippen LogP contribution in [0.15, 0.2) is 0 Å². The van der Waals surface area contributed by atoms with Crippen LogP contribution in [0.25, 0.3) is 0 Å². The zero-order valence-corrected chi connectivity index (χ0v) is 9.45. The quantitative estimate of drug-likeness (QED) is 0.750. The van der Waals surface area contributed by atoms with E-state index in [-0.39, 0.29) is 5.54 Å². The molecule has 0 atom stereocenters. The summed E-state index contributed by atoms with van der Waals surface area (Å²) in [6.07, 6.45) is 1.10. The topological polar surface area (TPSA) is 15.3 Å². The fourth-order valence-electron chi connectivity index (χ4n) is 2.99. The van der Waals surface area contributed by atoms with Crippen LogP contribution < -0.4 is 5.32 Å². The van der Waals surface area contributed by atoms with E-state index in [4.69, 9.17) is 0 Å². The number of rotatable bonds is 1. The van der Waals surface area contributed by atoms with Crippen molar-refractivity contribution in [3.8, 4) is 0 Å². The van der Waals surface area contributed by atoms with Crippen LogP contribution in [0, 0.1) is 0 Å². The highest BCUT2D eigenvalue weighted by atomic mass is 19.4. The fourth-order valence-corrected chi connectivity index (χ4v) is 2.99. The van der Waals surface area contributed by atoms with Gasteiger partial charge in [0.25, 0.3) is 0 Å². The molecule has 5 heteroatoms. The molecule has 1 saturated carbocycles. The van der Waals surface area contributed by atoms with Crippen LogP contribution in [0.5, 0.6) is 0 Å². The maximum absolute atomic E-state index is 12.4. The lowest BCUT2D eigenvalue weighted by atomic mass is 9.97. The predicted octanol–water partition coefficient (Wildman–Crippen LogP) is 2.16. The van der Waals surface area contributed by atoms with E-state index in [1.54, 1.807) is 4.90 Å². The van der Waals surface area contributed by atoms with E-state index in [0.29, 0.717) is 13.1 Å². The average Bonchev–Trinajstić information content (AvgIpc) is 2.49. The van der Waals surface area contributed by atoms with Crippen LogP contribution in [0.1, 0.15) is 32.1 Å². The van der Waals surface area contributed by atoms with Crippen molar-refractivity contribution in [1.82, 2.24) is 10.2 Å². The largest absolute Gasteiger partial charge is 0.401 e. The van der Waals surface area contributed by atoms with E-state index >= 15 is 0 Å². The minimum absolute atomic E-state index is 0.0260. The molecule has 2 rings (SSSR count). The third-order valence-electron chi connectivity index (χ3n) is 3.64. The van der Waals surface area contributed by atoms with Crippen molar-refractivity contribution in [3.63, 3.8) is 0 Å². The molecule has 1 saturated heterocycles. The van der Waals surface area contributed by atoms with Crippen LogP contribution in [-0.4, -0.2) is 42.8 Å². The van der Waals surface area contributed by atoms with Crippen molar-refractivity contribution in [3.05, 3.63) is 0 Å². The second kappa shape index (κ2) is 4.53. The van der Waals surface area contributed by atoms with Crippen molar-refractivity contribution in [2.45, 2.75) is 43.8 Å². The molecule has 0 aromatic rings. The Hall–Kier alpha value is -0.290. The molecule has 2 aliphatic rings. The smallest absolute Gasteiger partial charge is 0.310 e. The van der Waals surface area contributed by atoms with Crippen LogP contribution in [-0.2, 0) is 0 Å². The van der Waals surface area contributed by atoms with E-state index in [0.717, 1.165) is 38.6 Å². The van der Waals surface area contributed by atoms with Gasteiger partial charge in [0, 0.05) is 12.1 Å². The third kappa shape index (κ3) is 3.10. The average molecular weight is 236 g/mol. The highest BCUT2D eigenvalue weighted by Gasteiger charge is 2.39. The van der Waals surface area contributed by atoms with Crippen molar-refractivity contribution in [2.75, 3.05) is 26.2 Å². The molecular weight excluding hydrogens is 217 g/mol. The summed E-state index contributed by atoms with van der Waals surface area (Å²) in [5, 5.41) is 3.46. The molecule has 1 aliphatic carbocycles. The summed E-state index contributed by atoms with van der Waals surface area (Å²) in [4.78, 5) is 1.57. The number of hydrogen-bond donors (Lipinski definition) is 1. The minimum atomic E-state index is -4.07. The summed E-state index contributed by atoms with van der Waals surface area (Å²) < 4.78 is 37.2. The first-order valence-corrected chi connectivity index (χ1v) is 6.03. The third-order valence-corrected chi connectivity index (χ3v) is 3.64. The Morgan fingerprint density at radius 1 is 1.12 bits per heavy atom. The van der Waals surface area contributed by atoms with E-state index in [1.165, 1.54) is 0 Å². The number of halogens is 3. The highest BCUT2D eigenvalue weighted by Crippen LogP contribution is 2.32. The molecule has 1 spiro atoms. The summed E-state index contributed by atoms with van der Waals surface area (Å²) in [7, 11) is 0. The Morgan fingerprint density at radius 3 is 2.44 bits per heavy atom. The number of alkyl halides is 3. The molecule has 0 bridgehead atoms. The maximum Gasteiger partial charge on any atom is 0.401 e. The van der Waals surface area contributed by atoms with Crippen molar-refractivity contribution in [1.29, 1.82) is 0 Å². The van der Waals surface area contributed by atoms with Gasteiger partial charge < -0.3 is 5.32 Å². The molecule has 16 heavy (non-hydrogen) atoms. The molecule has 0 unspecified atom stereocenters. The Morgan fingerprint density at radius 2 is 1.81 bits per heavy atom. The van der Waals surface area contributed by atoms with E-state index in [2.05, 4.69) is 5.32 Å². The molecule has 1 heterocycles. The van der Waals surface area contributed by atoms with Gasteiger partial charge in [-0.25, -0.2) is 0 Å². The van der Waals surface area contributed by atoms with Gasteiger partial charge in [0.15, 0.2) is 0 Å². The van der Waals surface area contributed by atoms with Gasteiger partial charge in [-0.05, 0) is 32.4 Å². The Labute approximate surface area is 94.2 Å². The number of hydrogen-bond acceptors (Lipinski definition) is 2. The van der Waals surface area contributed by atoms with Gasteiger partial charge >= 0.3 is 6.18 Å². The standard InChI is InChI=1S/C11H19F3N2/c12-11(13,14)9-16-7-3-6-15-10(8-16)4-1-2-5-10/h15H,1-9H2. The van der Waals surface area contributed by atoms with Gasteiger partial charge in [0.2, 0.25) is 0 Å². The van der Waals surface area contributed by atoms with Gasteiger partial charge in [0.05, 0.1) is 6.54 Å². The number of nitrogens with zero attached hydrogens (tertiary/aromatic N) is 1. The van der Waals surface area contributed by atoms with Crippen molar-refractivity contribution in [2.24, 2.45) is 0 Å². The molecule has 94 valence electrons. The fraction of sp³-hybridized carbons (Fsp3) is 1.00. The van der Waals surface area contributed by atoms with Gasteiger partial charge in [-0.15, -0.1) is 0 Å². The Bertz CT molecular complexity index is 234. The van der Waals surface area contributed by atoms with Crippen LogP contribution >= 0.6 is 0 Å². The summed E-state index contributed by atoms with van der Waals surface area (Å²) in [6.45, 7) is 1.23. The second-order valence-corrected chi connectivity index (χ2v) is 5.09. The molecule has 1 aliphatic heterocycles. The monoisotopic (exact) mass is 236 g/mol. The summed E-state index contributed by atoms with van der Waals surface area (Å²) >= 11 is 0. The van der Waals surface area contributed by atoms with E-state index in [1.807, 2.05) is 0 Å². The molecule has 1 N–H and O–H groups in total. The molecule has 0 amide bonds. The molecule has 0 aromatic heterocycles. The van der Waals surface area contributed by atoms with Crippen LogP contribution in [0.2, 0.25) is 0 Å². The van der Waals surface area contributed by atoms with Crippen LogP contribution in [0.3, 0.4) is 0 Å². The summed E-state index contributed by atoms with van der Waals surface area (Å²) in [5.74, 6) is 0. The van der Waals surface area contributed by atoms with Crippen molar-refractivity contribution >= 4 is 0 Å². The van der Waals surface area contributed by atoms with E-state index in [9.17, 15) is 13.2 Å². The first kappa shape index (κ1) is 12.2. The second-order valence-electron chi connectivity index (χ2n) is 5.09. The first-order valence-electron chi connectivity index (χ1n) is 6.03. The predicted molar refractivity (Wildman–Crippen MR) is 56.3 cm³/mol. The summed E-state index contributed by atoms with van der Waals surface area (Å²) in [5.41, 5.74) is -0.0260. The summed E-state index contributed by atoms with van der Waals surface area (Å²) in [6, 6.07) is 0. The SMILES string of the molecule is FC(F)(F)CN1CCCNC2(CCCC2)C1. The lowest BCUT2D eigenvalue weighted by Crippen LogP contribution is -2.50. The zero-order chi connectivity index (χ0) is 11.6. The highest BCUT2D eigenvalue weighted by molar-refractivity contribution is 4.97. The van der Waals surface area contributed by atoms with Gasteiger partial charge in [-0.2, -0.15) is 13.2 Å².